The zero-order chi connectivity index (χ0) is 19.8. The molecule has 2 aromatic rings. The Bertz CT molecular complexity index is 777. The third-order valence-corrected chi connectivity index (χ3v) is 4.29. The van der Waals surface area contributed by atoms with E-state index < -0.39 is 0 Å². The third kappa shape index (κ3) is 5.07. The molecule has 0 bridgehead atoms. The van der Waals surface area contributed by atoms with Crippen LogP contribution in [0.2, 0.25) is 0 Å². The Balaban J connectivity index is 1.85. The molecule has 1 heterocycles. The highest BCUT2D eigenvalue weighted by atomic mass is 16.5. The molecule has 1 aliphatic rings. The van der Waals surface area contributed by atoms with E-state index in [0.717, 1.165) is 18.8 Å². The molecule has 2 N–H and O–H groups in total. The first-order valence-electron chi connectivity index (χ1n) is 9.60. The molecule has 0 saturated carbocycles. The van der Waals surface area contributed by atoms with Gasteiger partial charge in [-0.2, -0.15) is 0 Å². The summed E-state index contributed by atoms with van der Waals surface area (Å²) in [5.74, 6) is 1.32. The summed E-state index contributed by atoms with van der Waals surface area (Å²) in [5.41, 5.74) is 2.23. The maximum atomic E-state index is 12.4. The van der Waals surface area contributed by atoms with Gasteiger partial charge in [0, 0.05) is 30.9 Å². The van der Waals surface area contributed by atoms with Gasteiger partial charge < -0.3 is 29.7 Å². The van der Waals surface area contributed by atoms with Crippen LogP contribution in [0.5, 0.6) is 11.5 Å². The quantitative estimate of drug-likeness (QED) is 0.755. The molecule has 7 heteroatoms. The van der Waals surface area contributed by atoms with Crippen LogP contribution in [-0.2, 0) is 4.74 Å². The van der Waals surface area contributed by atoms with Crippen molar-refractivity contribution in [2.45, 2.75) is 13.8 Å². The highest BCUT2D eigenvalue weighted by Crippen LogP contribution is 2.39. The summed E-state index contributed by atoms with van der Waals surface area (Å²) in [6, 6.07) is 12.7. The number of hydrogen-bond acceptors (Lipinski definition) is 5. The second-order valence-corrected chi connectivity index (χ2v) is 6.23. The second kappa shape index (κ2) is 9.85. The smallest absolute Gasteiger partial charge is 0.323 e. The molecular formula is C21H27N3O4. The molecule has 0 aliphatic carbocycles. The minimum absolute atomic E-state index is 0.339. The van der Waals surface area contributed by atoms with E-state index in [0.29, 0.717) is 49.3 Å². The van der Waals surface area contributed by atoms with Gasteiger partial charge in [0.25, 0.3) is 0 Å². The number of carbonyl (C=O) groups is 1. The van der Waals surface area contributed by atoms with Crippen molar-refractivity contribution in [3.05, 3.63) is 42.5 Å². The lowest BCUT2D eigenvalue weighted by Gasteiger charge is -2.31. The van der Waals surface area contributed by atoms with E-state index in [1.807, 2.05) is 56.3 Å². The maximum Gasteiger partial charge on any atom is 0.323 e. The number of carbonyl (C=O) groups excluding carboxylic acids is 1. The number of rotatable bonds is 7. The van der Waals surface area contributed by atoms with Gasteiger partial charge in [-0.1, -0.05) is 18.2 Å². The minimum Gasteiger partial charge on any atom is -0.492 e. The standard InChI is InChI=1S/C21H27N3O4/c1-3-27-19-15-18(24-10-12-26-13-11-24)20(28-4-2)14-17(19)23-21(25)22-16-8-6-5-7-9-16/h5-9,14-15H,3-4,10-13H2,1-2H3,(H2,22,23,25). The molecule has 0 unspecified atom stereocenters. The number of benzene rings is 2. The molecule has 28 heavy (non-hydrogen) atoms. The Kier molecular flexibility index (Phi) is 6.97. The van der Waals surface area contributed by atoms with Gasteiger partial charge >= 0.3 is 6.03 Å². The van der Waals surface area contributed by atoms with Crippen LogP contribution in [0.3, 0.4) is 0 Å². The molecule has 7 nitrogen and oxygen atoms in total. The lowest BCUT2D eigenvalue weighted by Crippen LogP contribution is -2.36. The molecular weight excluding hydrogens is 358 g/mol. The van der Waals surface area contributed by atoms with Crippen molar-refractivity contribution in [3.8, 4) is 11.5 Å². The summed E-state index contributed by atoms with van der Waals surface area (Å²) in [6.07, 6.45) is 0. The van der Waals surface area contributed by atoms with Crippen LogP contribution in [0.25, 0.3) is 0 Å². The van der Waals surface area contributed by atoms with Crippen LogP contribution < -0.4 is 25.0 Å². The Morgan fingerprint density at radius 2 is 1.68 bits per heavy atom. The van der Waals surface area contributed by atoms with Crippen LogP contribution in [0, 0.1) is 0 Å². The number of hydrogen-bond donors (Lipinski definition) is 2. The van der Waals surface area contributed by atoms with Gasteiger partial charge in [-0.05, 0) is 26.0 Å². The first kappa shape index (κ1) is 19.8. The van der Waals surface area contributed by atoms with Crippen molar-refractivity contribution >= 4 is 23.1 Å². The number of amides is 2. The van der Waals surface area contributed by atoms with Gasteiger partial charge in [-0.25, -0.2) is 4.79 Å². The third-order valence-electron chi connectivity index (χ3n) is 4.29. The summed E-state index contributed by atoms with van der Waals surface area (Å²) >= 11 is 0. The van der Waals surface area contributed by atoms with Crippen molar-refractivity contribution in [2.24, 2.45) is 0 Å². The van der Waals surface area contributed by atoms with Crippen LogP contribution in [0.15, 0.2) is 42.5 Å². The fraction of sp³-hybridized carbons (Fsp3) is 0.381. The van der Waals surface area contributed by atoms with Gasteiger partial charge in [-0.15, -0.1) is 0 Å². The lowest BCUT2D eigenvalue weighted by molar-refractivity contribution is 0.122. The van der Waals surface area contributed by atoms with E-state index in [2.05, 4.69) is 15.5 Å². The van der Waals surface area contributed by atoms with Gasteiger partial charge in [0.05, 0.1) is 37.8 Å². The first-order valence-corrected chi connectivity index (χ1v) is 9.60. The van der Waals surface area contributed by atoms with Gasteiger partial charge in [0.2, 0.25) is 0 Å². The van der Waals surface area contributed by atoms with E-state index in [1.54, 1.807) is 0 Å². The Labute approximate surface area is 165 Å². The fourth-order valence-corrected chi connectivity index (χ4v) is 3.05. The van der Waals surface area contributed by atoms with Gasteiger partial charge in [0.1, 0.15) is 11.5 Å². The number of anilines is 3. The molecule has 0 aromatic heterocycles. The largest absolute Gasteiger partial charge is 0.492 e. The first-order chi connectivity index (χ1) is 13.7. The molecule has 0 atom stereocenters. The fourth-order valence-electron chi connectivity index (χ4n) is 3.05. The van der Waals surface area contributed by atoms with Crippen molar-refractivity contribution in [1.29, 1.82) is 0 Å². The molecule has 2 aromatic carbocycles. The van der Waals surface area contributed by atoms with Gasteiger partial charge in [0.15, 0.2) is 0 Å². The summed E-state index contributed by atoms with van der Waals surface area (Å²) in [4.78, 5) is 14.7. The van der Waals surface area contributed by atoms with Crippen molar-refractivity contribution in [1.82, 2.24) is 0 Å². The molecule has 150 valence electrons. The zero-order valence-electron chi connectivity index (χ0n) is 16.4. The number of para-hydroxylation sites is 1. The number of ether oxygens (including phenoxy) is 3. The van der Waals surface area contributed by atoms with Crippen LogP contribution in [0.4, 0.5) is 21.9 Å². The van der Waals surface area contributed by atoms with Crippen molar-refractivity contribution < 1.29 is 19.0 Å². The minimum atomic E-state index is -0.339. The highest BCUT2D eigenvalue weighted by Gasteiger charge is 2.20. The monoisotopic (exact) mass is 385 g/mol. The normalized spacial score (nSPS) is 13.7. The number of urea groups is 1. The lowest BCUT2D eigenvalue weighted by atomic mass is 10.2. The Morgan fingerprint density at radius 3 is 2.36 bits per heavy atom. The van der Waals surface area contributed by atoms with Crippen molar-refractivity contribution in [2.75, 3.05) is 55.1 Å². The molecule has 1 fully saturated rings. The van der Waals surface area contributed by atoms with Crippen LogP contribution in [0.1, 0.15) is 13.8 Å². The molecule has 2 amide bonds. The topological polar surface area (TPSA) is 72.1 Å². The number of nitrogens with one attached hydrogen (secondary N) is 2. The highest BCUT2D eigenvalue weighted by molar-refractivity contribution is 6.01. The Morgan fingerprint density at radius 1 is 1.00 bits per heavy atom. The zero-order valence-corrected chi connectivity index (χ0v) is 16.4. The summed E-state index contributed by atoms with van der Waals surface area (Å²) in [7, 11) is 0. The number of morpholine rings is 1. The van der Waals surface area contributed by atoms with E-state index in [4.69, 9.17) is 14.2 Å². The summed E-state index contributed by atoms with van der Waals surface area (Å²) in [6.45, 7) is 7.80. The molecule has 3 rings (SSSR count). The van der Waals surface area contributed by atoms with Crippen LogP contribution in [-0.4, -0.2) is 45.5 Å². The average molecular weight is 385 g/mol. The van der Waals surface area contributed by atoms with Crippen LogP contribution >= 0.6 is 0 Å². The average Bonchev–Trinajstić information content (AvgIpc) is 2.71. The second-order valence-electron chi connectivity index (χ2n) is 6.23. The van der Waals surface area contributed by atoms with E-state index in [9.17, 15) is 4.79 Å². The summed E-state index contributed by atoms with van der Waals surface area (Å²) in [5, 5.41) is 5.69. The van der Waals surface area contributed by atoms with E-state index >= 15 is 0 Å². The molecule has 1 saturated heterocycles. The van der Waals surface area contributed by atoms with Gasteiger partial charge in [-0.3, -0.25) is 0 Å². The predicted molar refractivity (Wildman–Crippen MR) is 111 cm³/mol. The number of nitrogens with zero attached hydrogens (tertiary/aromatic N) is 1. The van der Waals surface area contributed by atoms with E-state index in [1.165, 1.54) is 0 Å². The molecule has 1 aliphatic heterocycles. The Hall–Kier alpha value is -2.93. The SMILES string of the molecule is CCOc1cc(N2CCOCC2)c(OCC)cc1NC(=O)Nc1ccccc1. The summed E-state index contributed by atoms with van der Waals surface area (Å²) < 4.78 is 17.1. The van der Waals surface area contributed by atoms with Crippen molar-refractivity contribution in [3.63, 3.8) is 0 Å². The predicted octanol–water partition coefficient (Wildman–Crippen LogP) is 3.96. The molecule has 0 spiro atoms. The molecule has 0 radical (unpaired) electrons. The maximum absolute atomic E-state index is 12.4. The van der Waals surface area contributed by atoms with E-state index in [-0.39, 0.29) is 6.03 Å².